The van der Waals surface area contributed by atoms with Crippen molar-refractivity contribution in [3.05, 3.63) is 55.9 Å². The first-order valence-corrected chi connectivity index (χ1v) is 5.83. The van der Waals surface area contributed by atoms with E-state index in [0.717, 1.165) is 17.0 Å². The monoisotopic (exact) mass is 248 g/mol. The van der Waals surface area contributed by atoms with Gasteiger partial charge < -0.3 is 0 Å². The van der Waals surface area contributed by atoms with Crippen LogP contribution in [0.5, 0.6) is 0 Å². The lowest BCUT2D eigenvalue weighted by Gasteiger charge is -2.06. The third kappa shape index (κ3) is 2.27. The molecule has 86 valence electrons. The summed E-state index contributed by atoms with van der Waals surface area (Å²) in [5.41, 5.74) is 1.50. The molecule has 0 saturated heterocycles. The minimum atomic E-state index is -0.457. The molecule has 0 aliphatic carbocycles. The molecule has 0 saturated carbocycles. The summed E-state index contributed by atoms with van der Waals surface area (Å²) >= 11 is 1.10. The summed E-state index contributed by atoms with van der Waals surface area (Å²) < 4.78 is 15.1. The zero-order valence-corrected chi connectivity index (χ0v) is 9.92. The van der Waals surface area contributed by atoms with Crippen molar-refractivity contribution in [2.75, 3.05) is 0 Å². The zero-order valence-electron chi connectivity index (χ0n) is 9.11. The van der Waals surface area contributed by atoms with Gasteiger partial charge in [0, 0.05) is 16.6 Å². The van der Waals surface area contributed by atoms with Gasteiger partial charge in [-0.3, -0.25) is 9.36 Å². The van der Waals surface area contributed by atoms with E-state index >= 15 is 0 Å². The quantitative estimate of drug-likeness (QED) is 0.818. The lowest BCUT2D eigenvalue weighted by atomic mass is 10.1. The van der Waals surface area contributed by atoms with Gasteiger partial charge in [-0.1, -0.05) is 17.4 Å². The minimum Gasteiger partial charge on any atom is -0.299 e. The Labute approximate surface area is 101 Å². The molecule has 0 bridgehead atoms. The Hall–Kier alpha value is -1.93. The average Bonchev–Trinajstić information content (AvgIpc) is 2.63. The van der Waals surface area contributed by atoms with Gasteiger partial charge in [-0.15, -0.1) is 0 Å². The molecule has 0 spiro atoms. The highest BCUT2D eigenvalue weighted by molar-refractivity contribution is 7.07. The second-order valence-electron chi connectivity index (χ2n) is 3.65. The maximum absolute atomic E-state index is 13.6. The van der Waals surface area contributed by atoms with Crippen LogP contribution in [-0.2, 0) is 6.54 Å². The third-order valence-electron chi connectivity index (χ3n) is 2.49. The second kappa shape index (κ2) is 4.52. The third-order valence-corrected chi connectivity index (χ3v) is 3.37. The molecule has 1 aromatic heterocycles. The Morgan fingerprint density at radius 1 is 1.53 bits per heavy atom. The molecule has 0 aliphatic rings. The van der Waals surface area contributed by atoms with Crippen molar-refractivity contribution in [1.29, 1.82) is 5.26 Å². The molecule has 0 amide bonds. The van der Waals surface area contributed by atoms with Gasteiger partial charge >= 0.3 is 4.87 Å². The molecule has 0 atom stereocenters. The minimum absolute atomic E-state index is 0.105. The number of rotatable bonds is 2. The van der Waals surface area contributed by atoms with Crippen LogP contribution in [0.25, 0.3) is 0 Å². The standard InChI is InChI=1S/C12H9FN2OS/c1-8-7-17-12(16)15(8)6-10-3-2-9(5-14)4-11(10)13/h2-4,7H,6H2,1H3. The molecule has 1 heterocycles. The SMILES string of the molecule is Cc1csc(=O)n1Cc1ccc(C#N)cc1F. The van der Waals surface area contributed by atoms with Gasteiger partial charge in [0.2, 0.25) is 0 Å². The summed E-state index contributed by atoms with van der Waals surface area (Å²) in [6.07, 6.45) is 0. The lowest BCUT2D eigenvalue weighted by Crippen LogP contribution is -2.16. The van der Waals surface area contributed by atoms with Gasteiger partial charge in [-0.2, -0.15) is 5.26 Å². The fourth-order valence-electron chi connectivity index (χ4n) is 1.51. The summed E-state index contributed by atoms with van der Waals surface area (Å²) in [5.74, 6) is -0.457. The fraction of sp³-hybridized carbons (Fsp3) is 0.167. The summed E-state index contributed by atoms with van der Waals surface area (Å²) in [5, 5.41) is 10.4. The number of nitriles is 1. The van der Waals surface area contributed by atoms with Crippen LogP contribution in [0.4, 0.5) is 4.39 Å². The van der Waals surface area contributed by atoms with E-state index in [1.807, 2.05) is 6.07 Å². The Bertz CT molecular complexity index is 651. The van der Waals surface area contributed by atoms with Gasteiger partial charge in [-0.05, 0) is 19.1 Å². The highest BCUT2D eigenvalue weighted by atomic mass is 32.1. The topological polar surface area (TPSA) is 45.8 Å². The molecule has 2 aromatic rings. The van der Waals surface area contributed by atoms with E-state index in [1.165, 1.54) is 16.7 Å². The first-order chi connectivity index (χ1) is 8.11. The van der Waals surface area contributed by atoms with Crippen molar-refractivity contribution < 1.29 is 4.39 Å². The van der Waals surface area contributed by atoms with Crippen LogP contribution in [0.1, 0.15) is 16.8 Å². The van der Waals surface area contributed by atoms with Crippen LogP contribution in [-0.4, -0.2) is 4.57 Å². The van der Waals surface area contributed by atoms with Gasteiger partial charge in [0.1, 0.15) is 5.82 Å². The van der Waals surface area contributed by atoms with Crippen molar-refractivity contribution in [3.8, 4) is 6.07 Å². The number of aromatic nitrogens is 1. The first kappa shape index (κ1) is 11.6. The molecule has 0 radical (unpaired) electrons. The normalized spacial score (nSPS) is 10.2. The van der Waals surface area contributed by atoms with E-state index in [2.05, 4.69) is 0 Å². The predicted octanol–water partition coefficient (Wildman–Crippen LogP) is 2.28. The second-order valence-corrected chi connectivity index (χ2v) is 4.47. The molecule has 0 unspecified atom stereocenters. The molecule has 17 heavy (non-hydrogen) atoms. The number of nitrogens with zero attached hydrogens (tertiary/aromatic N) is 2. The Morgan fingerprint density at radius 3 is 2.82 bits per heavy atom. The summed E-state index contributed by atoms with van der Waals surface area (Å²) in [6, 6.07) is 6.14. The number of benzene rings is 1. The van der Waals surface area contributed by atoms with E-state index in [0.29, 0.717) is 5.56 Å². The van der Waals surface area contributed by atoms with Crippen LogP contribution in [0, 0.1) is 24.1 Å². The molecule has 0 aliphatic heterocycles. The van der Waals surface area contributed by atoms with Crippen molar-refractivity contribution in [2.45, 2.75) is 13.5 Å². The van der Waals surface area contributed by atoms with E-state index < -0.39 is 5.82 Å². The molecule has 3 nitrogen and oxygen atoms in total. The van der Waals surface area contributed by atoms with Crippen molar-refractivity contribution in [3.63, 3.8) is 0 Å². The van der Waals surface area contributed by atoms with E-state index in [1.54, 1.807) is 18.4 Å². The number of aryl methyl sites for hydroxylation is 1. The summed E-state index contributed by atoms with van der Waals surface area (Å²) in [4.78, 5) is 11.4. The van der Waals surface area contributed by atoms with Gasteiger partial charge in [-0.25, -0.2) is 4.39 Å². The van der Waals surface area contributed by atoms with Crippen molar-refractivity contribution >= 4 is 11.3 Å². The van der Waals surface area contributed by atoms with E-state index in [-0.39, 0.29) is 17.0 Å². The Morgan fingerprint density at radius 2 is 2.29 bits per heavy atom. The summed E-state index contributed by atoms with van der Waals surface area (Å²) in [7, 11) is 0. The van der Waals surface area contributed by atoms with Crippen LogP contribution in [0.2, 0.25) is 0 Å². The first-order valence-electron chi connectivity index (χ1n) is 4.95. The Kier molecular flexibility index (Phi) is 3.07. The largest absolute Gasteiger partial charge is 0.307 e. The molecular formula is C12H9FN2OS. The Balaban J connectivity index is 2.38. The van der Waals surface area contributed by atoms with Gasteiger partial charge in [0.15, 0.2) is 0 Å². The van der Waals surface area contributed by atoms with E-state index in [9.17, 15) is 9.18 Å². The zero-order chi connectivity index (χ0) is 12.4. The molecular weight excluding hydrogens is 239 g/mol. The molecule has 1 aromatic carbocycles. The van der Waals surface area contributed by atoms with E-state index in [4.69, 9.17) is 5.26 Å². The van der Waals surface area contributed by atoms with Gasteiger partial charge in [0.05, 0.1) is 18.2 Å². The van der Waals surface area contributed by atoms with Crippen LogP contribution in [0.15, 0.2) is 28.4 Å². The highest BCUT2D eigenvalue weighted by Gasteiger charge is 2.08. The lowest BCUT2D eigenvalue weighted by molar-refractivity contribution is 0.595. The van der Waals surface area contributed by atoms with Crippen LogP contribution >= 0.6 is 11.3 Å². The van der Waals surface area contributed by atoms with Crippen molar-refractivity contribution in [1.82, 2.24) is 4.57 Å². The number of halogens is 1. The van der Waals surface area contributed by atoms with Crippen LogP contribution in [0.3, 0.4) is 0 Å². The van der Waals surface area contributed by atoms with Crippen molar-refractivity contribution in [2.24, 2.45) is 0 Å². The van der Waals surface area contributed by atoms with Crippen LogP contribution < -0.4 is 4.87 Å². The fourth-order valence-corrected chi connectivity index (χ4v) is 2.25. The number of thiazole rings is 1. The smallest absolute Gasteiger partial charge is 0.299 e. The van der Waals surface area contributed by atoms with Gasteiger partial charge in [0.25, 0.3) is 0 Å². The molecule has 0 fully saturated rings. The maximum atomic E-state index is 13.6. The number of hydrogen-bond acceptors (Lipinski definition) is 3. The molecule has 0 N–H and O–H groups in total. The maximum Gasteiger partial charge on any atom is 0.307 e. The molecule has 5 heteroatoms. The predicted molar refractivity (Wildman–Crippen MR) is 63.5 cm³/mol. The average molecular weight is 248 g/mol. The number of hydrogen-bond donors (Lipinski definition) is 0. The summed E-state index contributed by atoms with van der Waals surface area (Å²) in [6.45, 7) is 2.01. The highest BCUT2D eigenvalue weighted by Crippen LogP contribution is 2.12. The molecule has 2 rings (SSSR count).